The number of amides is 2. The average Bonchev–Trinajstić information content (AvgIpc) is 2.62. The highest BCUT2D eigenvalue weighted by molar-refractivity contribution is 5.95. The molecule has 2 amide bonds. The summed E-state index contributed by atoms with van der Waals surface area (Å²) in [6.07, 6.45) is 0. The van der Waals surface area contributed by atoms with Crippen LogP contribution in [-0.2, 0) is 0 Å². The molecule has 5 heteroatoms. The summed E-state index contributed by atoms with van der Waals surface area (Å²) < 4.78 is 0. The molecule has 0 radical (unpaired) electrons. The molecule has 1 aliphatic heterocycles. The summed E-state index contributed by atoms with van der Waals surface area (Å²) in [7, 11) is 0. The molecule has 5 nitrogen and oxygen atoms in total. The summed E-state index contributed by atoms with van der Waals surface area (Å²) >= 11 is 0. The van der Waals surface area contributed by atoms with Gasteiger partial charge in [-0.15, -0.1) is 0 Å². The lowest BCUT2D eigenvalue weighted by Crippen LogP contribution is -2.46. The van der Waals surface area contributed by atoms with E-state index >= 15 is 0 Å². The number of hydrogen-bond acceptors (Lipinski definition) is 3. The van der Waals surface area contributed by atoms with Crippen LogP contribution in [0.3, 0.4) is 0 Å². The Morgan fingerprint density at radius 3 is 1.78 bits per heavy atom. The van der Waals surface area contributed by atoms with Gasteiger partial charge in [0.1, 0.15) is 0 Å². The molecule has 0 unspecified atom stereocenters. The van der Waals surface area contributed by atoms with Crippen molar-refractivity contribution in [2.75, 3.05) is 26.2 Å². The van der Waals surface area contributed by atoms with Gasteiger partial charge in [-0.3, -0.25) is 9.59 Å². The third-order valence-electron chi connectivity index (χ3n) is 4.04. The zero-order valence-electron chi connectivity index (χ0n) is 12.8. The SMILES string of the molecule is NC(=O)c1ccc(-c2ccc(C(=O)N3CCNCC3)cc2)cc1. The standard InChI is InChI=1S/C18H19N3O2/c19-17(22)15-5-1-13(2-6-15)14-3-7-16(8-4-14)18(23)21-11-9-20-10-12-21/h1-8,20H,9-12H2,(H2,19,22). The number of piperazine rings is 1. The number of carbonyl (C=O) groups is 2. The van der Waals surface area contributed by atoms with Gasteiger partial charge in [0, 0.05) is 37.3 Å². The third kappa shape index (κ3) is 3.40. The Balaban J connectivity index is 1.76. The molecule has 23 heavy (non-hydrogen) atoms. The first-order valence-corrected chi connectivity index (χ1v) is 7.65. The molecule has 0 spiro atoms. The Kier molecular flexibility index (Phi) is 4.39. The Labute approximate surface area is 135 Å². The average molecular weight is 309 g/mol. The van der Waals surface area contributed by atoms with Crippen molar-refractivity contribution in [1.29, 1.82) is 0 Å². The summed E-state index contributed by atoms with van der Waals surface area (Å²) in [5.74, 6) is -0.365. The molecule has 2 aromatic rings. The number of nitrogens with zero attached hydrogens (tertiary/aromatic N) is 1. The van der Waals surface area contributed by atoms with E-state index < -0.39 is 5.91 Å². The summed E-state index contributed by atoms with van der Waals surface area (Å²) in [5, 5.41) is 3.24. The van der Waals surface area contributed by atoms with Crippen LogP contribution in [0.5, 0.6) is 0 Å². The Morgan fingerprint density at radius 1 is 0.826 bits per heavy atom. The van der Waals surface area contributed by atoms with Crippen molar-refractivity contribution in [1.82, 2.24) is 10.2 Å². The van der Waals surface area contributed by atoms with Gasteiger partial charge in [-0.25, -0.2) is 0 Å². The maximum atomic E-state index is 12.4. The predicted molar refractivity (Wildman–Crippen MR) is 89.2 cm³/mol. The summed E-state index contributed by atoms with van der Waals surface area (Å²) in [6.45, 7) is 3.18. The van der Waals surface area contributed by atoms with Gasteiger partial charge in [0.15, 0.2) is 0 Å². The largest absolute Gasteiger partial charge is 0.366 e. The number of benzene rings is 2. The molecule has 0 aliphatic carbocycles. The van der Waals surface area contributed by atoms with Crippen LogP contribution in [-0.4, -0.2) is 42.9 Å². The Bertz CT molecular complexity index is 702. The Hall–Kier alpha value is -2.66. The molecule has 2 aromatic carbocycles. The van der Waals surface area contributed by atoms with Gasteiger partial charge < -0.3 is 16.0 Å². The van der Waals surface area contributed by atoms with E-state index in [4.69, 9.17) is 5.73 Å². The molecule has 1 heterocycles. The number of rotatable bonds is 3. The first-order chi connectivity index (χ1) is 11.1. The maximum absolute atomic E-state index is 12.4. The first kappa shape index (κ1) is 15.2. The molecular weight excluding hydrogens is 290 g/mol. The zero-order valence-corrected chi connectivity index (χ0v) is 12.8. The van der Waals surface area contributed by atoms with Crippen molar-refractivity contribution in [2.24, 2.45) is 5.73 Å². The van der Waals surface area contributed by atoms with Crippen LogP contribution >= 0.6 is 0 Å². The lowest BCUT2D eigenvalue weighted by Gasteiger charge is -2.27. The number of hydrogen-bond donors (Lipinski definition) is 2. The second kappa shape index (κ2) is 6.62. The fourth-order valence-corrected chi connectivity index (χ4v) is 2.68. The van der Waals surface area contributed by atoms with Gasteiger partial charge in [0.25, 0.3) is 5.91 Å². The Morgan fingerprint density at radius 2 is 1.30 bits per heavy atom. The smallest absolute Gasteiger partial charge is 0.253 e. The second-order valence-corrected chi connectivity index (χ2v) is 5.56. The van der Waals surface area contributed by atoms with E-state index in [9.17, 15) is 9.59 Å². The maximum Gasteiger partial charge on any atom is 0.253 e. The minimum Gasteiger partial charge on any atom is -0.366 e. The van der Waals surface area contributed by atoms with Crippen LogP contribution < -0.4 is 11.1 Å². The second-order valence-electron chi connectivity index (χ2n) is 5.56. The number of nitrogens with one attached hydrogen (secondary N) is 1. The fourth-order valence-electron chi connectivity index (χ4n) is 2.68. The van der Waals surface area contributed by atoms with Gasteiger partial charge in [0.05, 0.1) is 0 Å². The molecule has 1 aliphatic rings. The first-order valence-electron chi connectivity index (χ1n) is 7.65. The van der Waals surface area contributed by atoms with Crippen molar-refractivity contribution < 1.29 is 9.59 Å². The van der Waals surface area contributed by atoms with E-state index in [0.29, 0.717) is 11.1 Å². The summed E-state index contributed by atoms with van der Waals surface area (Å²) in [6, 6.07) is 14.7. The predicted octanol–water partition coefficient (Wildman–Crippen LogP) is 1.50. The minimum absolute atomic E-state index is 0.0714. The molecule has 0 bridgehead atoms. The lowest BCUT2D eigenvalue weighted by atomic mass is 10.0. The molecule has 3 rings (SSSR count). The molecular formula is C18H19N3O2. The lowest BCUT2D eigenvalue weighted by molar-refractivity contribution is 0.0735. The van der Waals surface area contributed by atoms with Crippen LogP contribution in [0.1, 0.15) is 20.7 Å². The number of nitrogens with two attached hydrogens (primary N) is 1. The number of primary amides is 1. The van der Waals surface area contributed by atoms with Crippen molar-refractivity contribution >= 4 is 11.8 Å². The zero-order chi connectivity index (χ0) is 16.2. The molecule has 3 N–H and O–H groups in total. The van der Waals surface area contributed by atoms with Gasteiger partial charge in [-0.05, 0) is 35.4 Å². The van der Waals surface area contributed by atoms with Crippen molar-refractivity contribution in [3.8, 4) is 11.1 Å². The minimum atomic E-state index is -0.437. The highest BCUT2D eigenvalue weighted by Gasteiger charge is 2.17. The third-order valence-corrected chi connectivity index (χ3v) is 4.04. The van der Waals surface area contributed by atoms with Gasteiger partial charge >= 0.3 is 0 Å². The molecule has 0 aromatic heterocycles. The van der Waals surface area contributed by atoms with Crippen LogP contribution in [0.4, 0.5) is 0 Å². The highest BCUT2D eigenvalue weighted by Crippen LogP contribution is 2.21. The van der Waals surface area contributed by atoms with E-state index in [0.717, 1.165) is 37.3 Å². The monoisotopic (exact) mass is 309 g/mol. The topological polar surface area (TPSA) is 75.4 Å². The van der Waals surface area contributed by atoms with E-state index in [1.165, 1.54) is 0 Å². The molecule has 118 valence electrons. The highest BCUT2D eigenvalue weighted by atomic mass is 16.2. The molecule has 0 atom stereocenters. The van der Waals surface area contributed by atoms with Gasteiger partial charge in [-0.1, -0.05) is 24.3 Å². The fraction of sp³-hybridized carbons (Fsp3) is 0.222. The van der Waals surface area contributed by atoms with E-state index in [1.54, 1.807) is 12.1 Å². The summed E-state index contributed by atoms with van der Waals surface area (Å²) in [4.78, 5) is 25.4. The van der Waals surface area contributed by atoms with Crippen LogP contribution in [0.25, 0.3) is 11.1 Å². The van der Waals surface area contributed by atoms with Crippen LogP contribution in [0, 0.1) is 0 Å². The van der Waals surface area contributed by atoms with Gasteiger partial charge in [-0.2, -0.15) is 0 Å². The van der Waals surface area contributed by atoms with E-state index in [2.05, 4.69) is 5.32 Å². The van der Waals surface area contributed by atoms with Gasteiger partial charge in [0.2, 0.25) is 5.91 Å². The quantitative estimate of drug-likeness (QED) is 0.902. The van der Waals surface area contributed by atoms with Crippen LogP contribution in [0.2, 0.25) is 0 Å². The molecule has 0 saturated carbocycles. The summed E-state index contributed by atoms with van der Waals surface area (Å²) in [5.41, 5.74) is 8.41. The molecule has 1 saturated heterocycles. The van der Waals surface area contributed by atoms with Crippen molar-refractivity contribution in [3.63, 3.8) is 0 Å². The van der Waals surface area contributed by atoms with Crippen molar-refractivity contribution in [3.05, 3.63) is 59.7 Å². The normalized spacial score (nSPS) is 14.5. The molecule has 1 fully saturated rings. The van der Waals surface area contributed by atoms with Crippen molar-refractivity contribution in [2.45, 2.75) is 0 Å². The van der Waals surface area contributed by atoms with E-state index in [-0.39, 0.29) is 5.91 Å². The van der Waals surface area contributed by atoms with Crippen LogP contribution in [0.15, 0.2) is 48.5 Å². The van der Waals surface area contributed by atoms with E-state index in [1.807, 2.05) is 41.3 Å². The number of carbonyl (C=O) groups excluding carboxylic acids is 2.